The van der Waals surface area contributed by atoms with Crippen LogP contribution in [0, 0.1) is 0 Å². The van der Waals surface area contributed by atoms with Crippen LogP contribution in [0.25, 0.3) is 6.08 Å². The second-order valence-electron chi connectivity index (χ2n) is 3.47. The molecule has 0 radical (unpaired) electrons. The fraction of sp³-hybridized carbons (Fsp3) is 0.308. The van der Waals surface area contributed by atoms with E-state index in [0.29, 0.717) is 12.2 Å². The quantitative estimate of drug-likeness (QED) is 0.808. The van der Waals surface area contributed by atoms with E-state index in [4.69, 9.17) is 4.74 Å². The largest absolute Gasteiger partial charge is 0.490 e. The highest BCUT2D eigenvalue weighted by atomic mass is 19.3. The summed E-state index contributed by atoms with van der Waals surface area (Å²) < 4.78 is 33.9. The van der Waals surface area contributed by atoms with E-state index in [1.54, 1.807) is 19.1 Å². The number of rotatable bonds is 6. The van der Waals surface area contributed by atoms with Gasteiger partial charge in [0.25, 0.3) is 0 Å². The van der Waals surface area contributed by atoms with Gasteiger partial charge in [-0.1, -0.05) is 6.07 Å². The van der Waals surface area contributed by atoms with Crippen LogP contribution in [0.3, 0.4) is 0 Å². The average molecular weight is 271 g/mol. The van der Waals surface area contributed by atoms with Crippen LogP contribution in [0.1, 0.15) is 12.5 Å². The first-order valence-electron chi connectivity index (χ1n) is 5.68. The number of alkyl halides is 2. The van der Waals surface area contributed by atoms with Crippen LogP contribution in [-0.2, 0) is 4.79 Å². The SMILES string of the molecule is CCOc1cc(/C=C/C(=O)NC)ccc1OC(F)F. The first kappa shape index (κ1) is 14.9. The summed E-state index contributed by atoms with van der Waals surface area (Å²) in [7, 11) is 1.51. The first-order valence-corrected chi connectivity index (χ1v) is 5.68. The minimum absolute atomic E-state index is 0.0334. The number of halogens is 2. The zero-order valence-electron chi connectivity index (χ0n) is 10.7. The van der Waals surface area contributed by atoms with Crippen molar-refractivity contribution in [2.24, 2.45) is 0 Å². The van der Waals surface area contributed by atoms with Crippen molar-refractivity contribution < 1.29 is 23.0 Å². The number of likely N-dealkylation sites (N-methyl/N-ethyl adjacent to an activating group) is 1. The summed E-state index contributed by atoms with van der Waals surface area (Å²) in [6.45, 7) is -0.854. The summed E-state index contributed by atoms with van der Waals surface area (Å²) in [5, 5.41) is 2.43. The van der Waals surface area contributed by atoms with Crippen LogP contribution in [0.2, 0.25) is 0 Å². The van der Waals surface area contributed by atoms with Crippen LogP contribution in [0.5, 0.6) is 11.5 Å². The van der Waals surface area contributed by atoms with E-state index in [1.807, 2.05) is 0 Å². The number of nitrogens with one attached hydrogen (secondary N) is 1. The lowest BCUT2D eigenvalue weighted by Gasteiger charge is -2.11. The standard InChI is InChI=1S/C13H15F2NO3/c1-3-18-11-8-9(5-7-12(17)16-2)4-6-10(11)19-13(14)15/h4-8,13H,3H2,1-2H3,(H,16,17)/b7-5+. The Morgan fingerprint density at radius 1 is 1.42 bits per heavy atom. The Kier molecular flexibility index (Phi) is 5.78. The van der Waals surface area contributed by atoms with Gasteiger partial charge >= 0.3 is 6.61 Å². The van der Waals surface area contributed by atoms with Gasteiger partial charge in [0.1, 0.15) is 0 Å². The molecule has 1 aromatic carbocycles. The van der Waals surface area contributed by atoms with Crippen molar-refractivity contribution in [3.05, 3.63) is 29.8 Å². The van der Waals surface area contributed by atoms with Gasteiger partial charge in [-0.05, 0) is 30.7 Å². The lowest BCUT2D eigenvalue weighted by molar-refractivity contribution is -0.115. The van der Waals surface area contributed by atoms with Crippen molar-refractivity contribution in [3.63, 3.8) is 0 Å². The van der Waals surface area contributed by atoms with Gasteiger partial charge in [0.05, 0.1) is 6.61 Å². The van der Waals surface area contributed by atoms with E-state index in [1.165, 1.54) is 25.3 Å². The van der Waals surface area contributed by atoms with Gasteiger partial charge in [-0.3, -0.25) is 4.79 Å². The summed E-state index contributed by atoms with van der Waals surface area (Å²) in [5.41, 5.74) is 0.647. The third-order valence-electron chi connectivity index (χ3n) is 2.16. The molecule has 1 N–H and O–H groups in total. The van der Waals surface area contributed by atoms with Crippen molar-refractivity contribution in [2.45, 2.75) is 13.5 Å². The molecule has 0 aliphatic rings. The molecule has 1 rings (SSSR count). The molecule has 0 unspecified atom stereocenters. The molecule has 1 amide bonds. The highest BCUT2D eigenvalue weighted by Gasteiger charge is 2.10. The van der Waals surface area contributed by atoms with Gasteiger partial charge in [-0.2, -0.15) is 8.78 Å². The summed E-state index contributed by atoms with van der Waals surface area (Å²) in [5.74, 6) is -0.0818. The van der Waals surface area contributed by atoms with Crippen LogP contribution < -0.4 is 14.8 Å². The minimum atomic E-state index is -2.91. The van der Waals surface area contributed by atoms with E-state index >= 15 is 0 Å². The second-order valence-corrected chi connectivity index (χ2v) is 3.47. The molecule has 0 aliphatic heterocycles. The van der Waals surface area contributed by atoms with Gasteiger partial charge < -0.3 is 14.8 Å². The zero-order chi connectivity index (χ0) is 14.3. The van der Waals surface area contributed by atoms with Crippen LogP contribution >= 0.6 is 0 Å². The topological polar surface area (TPSA) is 47.6 Å². The zero-order valence-corrected chi connectivity index (χ0v) is 10.7. The number of hydrogen-bond donors (Lipinski definition) is 1. The number of benzene rings is 1. The molecule has 0 saturated heterocycles. The molecule has 0 saturated carbocycles. The average Bonchev–Trinajstić information content (AvgIpc) is 2.38. The van der Waals surface area contributed by atoms with E-state index in [-0.39, 0.29) is 17.4 Å². The molecule has 0 aliphatic carbocycles. The molecule has 0 heterocycles. The van der Waals surface area contributed by atoms with Crippen molar-refractivity contribution in [1.29, 1.82) is 0 Å². The number of amides is 1. The summed E-state index contributed by atoms with van der Waals surface area (Å²) in [4.78, 5) is 11.1. The normalized spacial score (nSPS) is 10.8. The predicted octanol–water partition coefficient (Wildman–Crippen LogP) is 2.45. The van der Waals surface area contributed by atoms with Crippen molar-refractivity contribution in [1.82, 2.24) is 5.32 Å². The van der Waals surface area contributed by atoms with Crippen molar-refractivity contribution in [3.8, 4) is 11.5 Å². The van der Waals surface area contributed by atoms with E-state index in [2.05, 4.69) is 10.1 Å². The predicted molar refractivity (Wildman–Crippen MR) is 67.3 cm³/mol. The van der Waals surface area contributed by atoms with E-state index < -0.39 is 6.61 Å². The maximum atomic E-state index is 12.2. The van der Waals surface area contributed by atoms with Gasteiger partial charge in [-0.25, -0.2) is 0 Å². The Hall–Kier alpha value is -2.11. The molecule has 104 valence electrons. The Labute approximate surface area is 110 Å². The van der Waals surface area contributed by atoms with Gasteiger partial charge in [-0.15, -0.1) is 0 Å². The molecule has 0 fully saturated rings. The van der Waals surface area contributed by atoms with E-state index in [9.17, 15) is 13.6 Å². The molecule has 1 aromatic rings. The van der Waals surface area contributed by atoms with Gasteiger partial charge in [0.2, 0.25) is 5.91 Å². The molecular weight excluding hydrogens is 256 g/mol. The molecule has 6 heteroatoms. The maximum Gasteiger partial charge on any atom is 0.387 e. The molecule has 0 spiro atoms. The second kappa shape index (κ2) is 7.35. The Balaban J connectivity index is 2.94. The Morgan fingerprint density at radius 3 is 2.74 bits per heavy atom. The Bertz CT molecular complexity index is 461. The highest BCUT2D eigenvalue weighted by molar-refractivity contribution is 5.91. The minimum Gasteiger partial charge on any atom is -0.490 e. The highest BCUT2D eigenvalue weighted by Crippen LogP contribution is 2.30. The van der Waals surface area contributed by atoms with Crippen molar-refractivity contribution >= 4 is 12.0 Å². The number of carbonyl (C=O) groups excluding carboxylic acids is 1. The summed E-state index contributed by atoms with van der Waals surface area (Å²) in [6, 6.07) is 4.46. The smallest absolute Gasteiger partial charge is 0.387 e. The fourth-order valence-corrected chi connectivity index (χ4v) is 1.35. The maximum absolute atomic E-state index is 12.2. The van der Waals surface area contributed by atoms with Crippen LogP contribution in [0.15, 0.2) is 24.3 Å². The van der Waals surface area contributed by atoms with Gasteiger partial charge in [0, 0.05) is 13.1 Å². The summed E-state index contributed by atoms with van der Waals surface area (Å²) >= 11 is 0. The molecule has 0 atom stereocenters. The Morgan fingerprint density at radius 2 is 2.16 bits per heavy atom. The molecule has 19 heavy (non-hydrogen) atoms. The third kappa shape index (κ3) is 4.95. The number of hydrogen-bond acceptors (Lipinski definition) is 3. The molecule has 4 nitrogen and oxygen atoms in total. The molecular formula is C13H15F2NO3. The first-order chi connectivity index (χ1) is 9.06. The monoisotopic (exact) mass is 271 g/mol. The van der Waals surface area contributed by atoms with Gasteiger partial charge in [0.15, 0.2) is 11.5 Å². The van der Waals surface area contributed by atoms with Crippen molar-refractivity contribution in [2.75, 3.05) is 13.7 Å². The van der Waals surface area contributed by atoms with E-state index in [0.717, 1.165) is 0 Å². The number of ether oxygens (including phenoxy) is 2. The van der Waals surface area contributed by atoms with Crippen LogP contribution in [0.4, 0.5) is 8.78 Å². The lowest BCUT2D eigenvalue weighted by atomic mass is 10.2. The number of carbonyl (C=O) groups is 1. The third-order valence-corrected chi connectivity index (χ3v) is 2.16. The summed E-state index contributed by atoms with van der Waals surface area (Å²) in [6.07, 6.45) is 2.88. The molecule has 0 bridgehead atoms. The fourth-order valence-electron chi connectivity index (χ4n) is 1.35. The lowest BCUT2D eigenvalue weighted by Crippen LogP contribution is -2.13. The molecule has 0 aromatic heterocycles. The van der Waals surface area contributed by atoms with Crippen LogP contribution in [-0.4, -0.2) is 26.2 Å².